The first kappa shape index (κ1) is 25.6. The summed E-state index contributed by atoms with van der Waals surface area (Å²) in [5.41, 5.74) is 0.871. The molecule has 3 N–H and O–H groups in total. The normalized spacial score (nSPS) is 11.1. The topological polar surface area (TPSA) is 124 Å². The summed E-state index contributed by atoms with van der Waals surface area (Å²) in [7, 11) is 1.56. The molecule has 35 heavy (non-hydrogen) atoms. The van der Waals surface area contributed by atoms with E-state index in [1.165, 1.54) is 12.4 Å². The Morgan fingerprint density at radius 1 is 1.03 bits per heavy atom. The van der Waals surface area contributed by atoms with E-state index in [1.807, 2.05) is 0 Å². The second-order valence-electron chi connectivity index (χ2n) is 8.47. The highest BCUT2D eigenvalue weighted by atomic mass is 19.1. The van der Waals surface area contributed by atoms with E-state index in [-0.39, 0.29) is 24.4 Å². The first-order valence-electron chi connectivity index (χ1n) is 10.8. The lowest BCUT2D eigenvalue weighted by molar-refractivity contribution is -0.115. The van der Waals surface area contributed by atoms with Crippen LogP contribution in [0.5, 0.6) is 5.75 Å². The van der Waals surface area contributed by atoms with Gasteiger partial charge in [-0.2, -0.15) is 0 Å². The molecule has 0 spiro atoms. The molecular formula is C24H28FN5O5. The van der Waals surface area contributed by atoms with Crippen LogP contribution in [0.4, 0.5) is 26.4 Å². The van der Waals surface area contributed by atoms with Gasteiger partial charge in [-0.3, -0.25) is 4.79 Å². The van der Waals surface area contributed by atoms with Crippen molar-refractivity contribution in [3.05, 3.63) is 48.5 Å². The largest absolute Gasteiger partial charge is 0.491 e. The van der Waals surface area contributed by atoms with Gasteiger partial charge in [0.05, 0.1) is 17.5 Å². The Bertz CT molecular complexity index is 1180. The zero-order valence-corrected chi connectivity index (χ0v) is 20.0. The molecule has 10 nitrogen and oxygen atoms in total. The Labute approximate surface area is 202 Å². The van der Waals surface area contributed by atoms with Crippen molar-refractivity contribution in [2.45, 2.75) is 26.4 Å². The summed E-state index contributed by atoms with van der Waals surface area (Å²) in [4.78, 5) is 32.0. The summed E-state index contributed by atoms with van der Waals surface area (Å²) in [6.45, 7) is 5.63. The first-order chi connectivity index (χ1) is 16.6. The number of benzene rings is 2. The Morgan fingerprint density at radius 3 is 2.43 bits per heavy atom. The van der Waals surface area contributed by atoms with Crippen molar-refractivity contribution in [2.75, 3.05) is 37.5 Å². The van der Waals surface area contributed by atoms with Gasteiger partial charge in [0.2, 0.25) is 5.91 Å². The molecule has 1 aromatic heterocycles. The maximum atomic E-state index is 14.8. The average molecular weight is 486 g/mol. The molecule has 0 bridgehead atoms. The third kappa shape index (κ3) is 7.78. The van der Waals surface area contributed by atoms with E-state index in [1.54, 1.807) is 58.2 Å². The van der Waals surface area contributed by atoms with Gasteiger partial charge in [-0.15, -0.1) is 0 Å². The Kier molecular flexibility index (Phi) is 8.37. The molecule has 0 saturated carbocycles. The van der Waals surface area contributed by atoms with Crippen molar-refractivity contribution in [3.63, 3.8) is 0 Å². The molecule has 0 aliphatic carbocycles. The molecule has 0 aliphatic rings. The van der Waals surface area contributed by atoms with Crippen molar-refractivity contribution in [3.8, 4) is 5.75 Å². The smallest absolute Gasteiger partial charge is 0.408 e. The Balaban J connectivity index is 1.62. The lowest BCUT2D eigenvalue weighted by Crippen LogP contribution is -2.37. The van der Waals surface area contributed by atoms with Crippen molar-refractivity contribution >= 4 is 40.1 Å². The monoisotopic (exact) mass is 485 g/mol. The minimum absolute atomic E-state index is 0.220. The number of methoxy groups -OCH3 is 1. The maximum Gasteiger partial charge on any atom is 0.408 e. The van der Waals surface area contributed by atoms with Crippen molar-refractivity contribution in [1.82, 2.24) is 15.3 Å². The molecule has 0 saturated heterocycles. The van der Waals surface area contributed by atoms with Gasteiger partial charge in [0.25, 0.3) is 0 Å². The molecule has 2 amide bonds. The highest BCUT2D eigenvalue weighted by molar-refractivity contribution is 5.94. The summed E-state index contributed by atoms with van der Waals surface area (Å²) in [5, 5.41) is 8.35. The number of hydrogen-bond donors (Lipinski definition) is 3. The molecule has 1 heterocycles. The summed E-state index contributed by atoms with van der Waals surface area (Å²) in [6.07, 6.45) is 0.653. The van der Waals surface area contributed by atoms with E-state index in [0.717, 1.165) is 0 Å². The number of fused-ring (bicyclic) bond motifs is 1. The number of anilines is 3. The average Bonchev–Trinajstić information content (AvgIpc) is 2.78. The SMILES string of the molecule is COCCOc1cc(F)c2c(Nc3ccc(NC(=O)CNC(=O)OC(C)(C)C)cc3)ncnc2c1. The summed E-state index contributed by atoms with van der Waals surface area (Å²) in [6, 6.07) is 9.63. The van der Waals surface area contributed by atoms with Crippen LogP contribution < -0.4 is 20.7 Å². The van der Waals surface area contributed by atoms with Crippen LogP contribution in [-0.4, -0.2) is 54.4 Å². The quantitative estimate of drug-likeness (QED) is 0.389. The molecule has 0 atom stereocenters. The standard InChI is InChI=1S/C24H28FN5O5/c1-24(2,3)35-23(32)26-13-20(31)29-15-5-7-16(8-6-15)30-22-21-18(25)11-17(34-10-9-33-4)12-19(21)27-14-28-22/h5-8,11-12,14H,9-10,13H2,1-4H3,(H,26,32)(H,29,31)(H,27,28,30). The number of nitrogens with one attached hydrogen (secondary N) is 3. The van der Waals surface area contributed by atoms with Gasteiger partial charge in [-0.1, -0.05) is 0 Å². The minimum atomic E-state index is -0.676. The molecule has 2 aromatic carbocycles. The van der Waals surface area contributed by atoms with E-state index < -0.39 is 23.4 Å². The number of amides is 2. The van der Waals surface area contributed by atoms with Crippen LogP contribution in [0.3, 0.4) is 0 Å². The van der Waals surface area contributed by atoms with Crippen molar-refractivity contribution in [1.29, 1.82) is 0 Å². The van der Waals surface area contributed by atoms with E-state index in [9.17, 15) is 14.0 Å². The van der Waals surface area contributed by atoms with Gasteiger partial charge in [-0.25, -0.2) is 19.2 Å². The summed E-state index contributed by atoms with van der Waals surface area (Å²) >= 11 is 0. The Morgan fingerprint density at radius 2 is 1.74 bits per heavy atom. The summed E-state index contributed by atoms with van der Waals surface area (Å²) in [5.74, 6) is -0.310. The maximum absolute atomic E-state index is 14.8. The fourth-order valence-corrected chi connectivity index (χ4v) is 2.98. The second-order valence-corrected chi connectivity index (χ2v) is 8.47. The second kappa shape index (κ2) is 11.4. The summed E-state index contributed by atoms with van der Waals surface area (Å²) < 4.78 is 30.3. The number of hydrogen-bond acceptors (Lipinski definition) is 8. The molecule has 186 valence electrons. The number of nitrogens with zero attached hydrogens (tertiary/aromatic N) is 2. The Hall–Kier alpha value is -3.99. The van der Waals surface area contributed by atoms with Crippen molar-refractivity contribution in [2.24, 2.45) is 0 Å². The van der Waals surface area contributed by atoms with E-state index in [0.29, 0.717) is 29.2 Å². The number of alkyl carbamates (subject to hydrolysis) is 1. The molecule has 0 unspecified atom stereocenters. The van der Waals surface area contributed by atoms with Gasteiger partial charge in [0, 0.05) is 30.6 Å². The van der Waals surface area contributed by atoms with Gasteiger partial charge in [-0.05, 0) is 45.0 Å². The lowest BCUT2D eigenvalue weighted by atomic mass is 10.2. The fraction of sp³-hybridized carbons (Fsp3) is 0.333. The van der Waals surface area contributed by atoms with Crippen LogP contribution >= 0.6 is 0 Å². The number of carbonyl (C=O) groups is 2. The van der Waals surface area contributed by atoms with Gasteiger partial charge in [0.15, 0.2) is 0 Å². The molecular weight excluding hydrogens is 457 g/mol. The zero-order valence-electron chi connectivity index (χ0n) is 20.0. The molecule has 0 radical (unpaired) electrons. The predicted molar refractivity (Wildman–Crippen MR) is 129 cm³/mol. The van der Waals surface area contributed by atoms with E-state index >= 15 is 0 Å². The van der Waals surface area contributed by atoms with E-state index in [4.69, 9.17) is 14.2 Å². The zero-order chi connectivity index (χ0) is 25.4. The molecule has 3 aromatic rings. The third-order valence-corrected chi connectivity index (χ3v) is 4.44. The molecule has 3 rings (SSSR count). The minimum Gasteiger partial charge on any atom is -0.491 e. The number of carbonyl (C=O) groups excluding carboxylic acids is 2. The van der Waals surface area contributed by atoms with Crippen LogP contribution in [0.25, 0.3) is 10.9 Å². The third-order valence-electron chi connectivity index (χ3n) is 4.44. The fourth-order valence-electron chi connectivity index (χ4n) is 2.98. The molecule has 0 fully saturated rings. The van der Waals surface area contributed by atoms with Gasteiger partial charge >= 0.3 is 6.09 Å². The van der Waals surface area contributed by atoms with Gasteiger partial charge in [0.1, 0.15) is 42.5 Å². The van der Waals surface area contributed by atoms with Crippen LogP contribution in [0.1, 0.15) is 20.8 Å². The highest BCUT2D eigenvalue weighted by Crippen LogP contribution is 2.29. The molecule has 0 aliphatic heterocycles. The number of halogens is 1. The lowest BCUT2D eigenvalue weighted by Gasteiger charge is -2.19. The van der Waals surface area contributed by atoms with E-state index in [2.05, 4.69) is 25.9 Å². The predicted octanol–water partition coefficient (Wildman–Crippen LogP) is 4.00. The highest BCUT2D eigenvalue weighted by Gasteiger charge is 2.17. The van der Waals surface area contributed by atoms with Gasteiger partial charge < -0.3 is 30.2 Å². The van der Waals surface area contributed by atoms with Crippen LogP contribution in [0, 0.1) is 5.82 Å². The van der Waals surface area contributed by atoms with Crippen LogP contribution in [-0.2, 0) is 14.3 Å². The van der Waals surface area contributed by atoms with Crippen LogP contribution in [0.2, 0.25) is 0 Å². The van der Waals surface area contributed by atoms with Crippen LogP contribution in [0.15, 0.2) is 42.7 Å². The number of ether oxygens (including phenoxy) is 3. The first-order valence-corrected chi connectivity index (χ1v) is 10.8. The molecule has 11 heteroatoms. The van der Waals surface area contributed by atoms with Crippen molar-refractivity contribution < 1.29 is 28.2 Å². The number of aromatic nitrogens is 2. The number of rotatable bonds is 9.